The first-order chi connectivity index (χ1) is 8.02. The van der Waals surface area contributed by atoms with Crippen LogP contribution in [-0.4, -0.2) is 57.5 Å². The van der Waals surface area contributed by atoms with Crippen molar-refractivity contribution in [2.45, 2.75) is 38.0 Å². The Morgan fingerprint density at radius 2 is 2.29 bits per heavy atom. The second-order valence-corrected chi connectivity index (χ2v) is 4.25. The molecule has 0 aromatic heterocycles. The van der Waals surface area contributed by atoms with Crippen molar-refractivity contribution in [2.24, 2.45) is 0 Å². The van der Waals surface area contributed by atoms with E-state index in [1.165, 1.54) is 11.1 Å². The molecule has 0 aromatic carbocycles. The predicted octanol–water partition coefficient (Wildman–Crippen LogP) is -1.30. The van der Waals surface area contributed by atoms with Crippen molar-refractivity contribution in [3.63, 3.8) is 0 Å². The third kappa shape index (κ3) is 2.27. The molecule has 1 fully saturated rings. The summed E-state index contributed by atoms with van der Waals surface area (Å²) in [6.07, 6.45) is -1.35. The number of nitrogens with one attached hydrogen (secondary N) is 1. The van der Waals surface area contributed by atoms with Gasteiger partial charge in [-0.25, -0.2) is 4.79 Å². The third-order valence-corrected chi connectivity index (χ3v) is 2.96. The second-order valence-electron chi connectivity index (χ2n) is 4.25. The number of hydrogen-bond donors (Lipinski definition) is 4. The van der Waals surface area contributed by atoms with Crippen molar-refractivity contribution >= 4 is 6.03 Å². The topological polar surface area (TPSA) is 102 Å². The highest BCUT2D eigenvalue weighted by Gasteiger charge is 2.39. The van der Waals surface area contributed by atoms with Crippen molar-refractivity contribution in [2.75, 3.05) is 6.61 Å². The van der Waals surface area contributed by atoms with Crippen molar-refractivity contribution in [3.05, 3.63) is 11.8 Å². The van der Waals surface area contributed by atoms with Crippen LogP contribution in [0.25, 0.3) is 0 Å². The number of ether oxygens (including phenoxy) is 1. The summed E-state index contributed by atoms with van der Waals surface area (Å²) in [6.45, 7) is 1.38. The monoisotopic (exact) mass is 244 g/mol. The summed E-state index contributed by atoms with van der Waals surface area (Å²) in [7, 11) is 0. The van der Waals surface area contributed by atoms with E-state index in [0.717, 1.165) is 0 Å². The standard InChI is InChI=1S/C10H16N2O5/c1-5-3-12(10(16)11-9(5)15)8-2-6(14)7(4-13)17-8/h3,6-9,13-15H,2,4H2,1H3,(H,11,16). The van der Waals surface area contributed by atoms with E-state index < -0.39 is 30.7 Å². The molecule has 4 atom stereocenters. The normalized spacial score (nSPS) is 38.0. The maximum atomic E-state index is 11.6. The van der Waals surface area contributed by atoms with E-state index >= 15 is 0 Å². The summed E-state index contributed by atoms with van der Waals surface area (Å²) in [5.74, 6) is 0. The van der Waals surface area contributed by atoms with E-state index in [1.54, 1.807) is 6.92 Å². The Hall–Kier alpha value is -1.15. The van der Waals surface area contributed by atoms with Gasteiger partial charge in [0.1, 0.15) is 12.3 Å². The fraction of sp³-hybridized carbons (Fsp3) is 0.700. The zero-order valence-electron chi connectivity index (χ0n) is 9.41. The minimum atomic E-state index is -0.987. The van der Waals surface area contributed by atoms with Crippen LogP contribution in [-0.2, 0) is 4.74 Å². The molecule has 0 aliphatic carbocycles. The quantitative estimate of drug-likeness (QED) is 0.483. The highest BCUT2D eigenvalue weighted by Crippen LogP contribution is 2.25. The zero-order chi connectivity index (χ0) is 12.6. The Morgan fingerprint density at radius 3 is 2.88 bits per heavy atom. The minimum absolute atomic E-state index is 0.235. The lowest BCUT2D eigenvalue weighted by molar-refractivity contribution is -0.0560. The molecule has 7 nitrogen and oxygen atoms in total. The maximum absolute atomic E-state index is 11.6. The summed E-state index contributed by atoms with van der Waals surface area (Å²) in [5, 5.41) is 30.3. The van der Waals surface area contributed by atoms with E-state index in [0.29, 0.717) is 5.57 Å². The number of hydrogen-bond acceptors (Lipinski definition) is 5. The van der Waals surface area contributed by atoms with Gasteiger partial charge in [-0.2, -0.15) is 0 Å². The molecule has 0 radical (unpaired) electrons. The van der Waals surface area contributed by atoms with Crippen LogP contribution in [0, 0.1) is 0 Å². The Bertz CT molecular complexity index is 346. The SMILES string of the molecule is CC1=CN(C2CC(O)C(CO)O2)C(=O)NC1O. The van der Waals surface area contributed by atoms with E-state index in [4.69, 9.17) is 9.84 Å². The molecule has 96 valence electrons. The number of aliphatic hydroxyl groups is 3. The summed E-state index contributed by atoms with van der Waals surface area (Å²) >= 11 is 0. The fourth-order valence-electron chi connectivity index (χ4n) is 1.92. The molecule has 0 bridgehead atoms. The molecule has 0 spiro atoms. The van der Waals surface area contributed by atoms with Gasteiger partial charge in [0.05, 0.1) is 12.7 Å². The molecule has 2 heterocycles. The predicted molar refractivity (Wildman–Crippen MR) is 56.5 cm³/mol. The molecule has 2 rings (SSSR count). The molecular weight excluding hydrogens is 228 g/mol. The van der Waals surface area contributed by atoms with E-state index in [2.05, 4.69) is 5.32 Å². The molecule has 7 heteroatoms. The average molecular weight is 244 g/mol. The highest BCUT2D eigenvalue weighted by molar-refractivity contribution is 5.77. The molecule has 4 unspecified atom stereocenters. The highest BCUT2D eigenvalue weighted by atomic mass is 16.5. The third-order valence-electron chi connectivity index (χ3n) is 2.96. The smallest absolute Gasteiger partial charge is 0.325 e. The van der Waals surface area contributed by atoms with E-state index in [-0.39, 0.29) is 13.0 Å². The van der Waals surface area contributed by atoms with E-state index in [1.807, 2.05) is 0 Å². The number of urea groups is 1. The van der Waals surface area contributed by atoms with Crippen LogP contribution in [0.4, 0.5) is 4.79 Å². The Labute approximate surface area is 98.3 Å². The lowest BCUT2D eigenvalue weighted by Gasteiger charge is -2.31. The number of amides is 2. The van der Waals surface area contributed by atoms with Crippen LogP contribution in [0.3, 0.4) is 0 Å². The van der Waals surface area contributed by atoms with Crippen molar-refractivity contribution < 1.29 is 24.9 Å². The Morgan fingerprint density at radius 1 is 1.59 bits per heavy atom. The van der Waals surface area contributed by atoms with Crippen molar-refractivity contribution in [3.8, 4) is 0 Å². The molecule has 0 saturated carbocycles. The molecule has 0 aromatic rings. The van der Waals surface area contributed by atoms with Crippen molar-refractivity contribution in [1.82, 2.24) is 10.2 Å². The van der Waals surface area contributed by atoms with Gasteiger partial charge in [-0.1, -0.05) is 0 Å². The summed E-state index contributed by atoms with van der Waals surface area (Å²) < 4.78 is 5.36. The first kappa shape index (κ1) is 12.3. The first-order valence-electron chi connectivity index (χ1n) is 5.42. The van der Waals surface area contributed by atoms with Crippen LogP contribution in [0.2, 0.25) is 0 Å². The largest absolute Gasteiger partial charge is 0.394 e. The van der Waals surface area contributed by atoms with Crippen LogP contribution in [0.1, 0.15) is 13.3 Å². The first-order valence-corrected chi connectivity index (χ1v) is 5.42. The number of carbonyl (C=O) groups is 1. The summed E-state index contributed by atoms with van der Waals surface area (Å²) in [4.78, 5) is 12.9. The maximum Gasteiger partial charge on any atom is 0.325 e. The fourth-order valence-corrected chi connectivity index (χ4v) is 1.92. The molecule has 1 saturated heterocycles. The van der Waals surface area contributed by atoms with Gasteiger partial charge in [0.2, 0.25) is 0 Å². The summed E-state index contributed by atoms with van der Waals surface area (Å²) in [5.41, 5.74) is 0.579. The van der Waals surface area contributed by atoms with Gasteiger partial charge in [-0.3, -0.25) is 4.90 Å². The second kappa shape index (κ2) is 4.61. The van der Waals surface area contributed by atoms with Crippen LogP contribution in [0.5, 0.6) is 0 Å². The number of carbonyl (C=O) groups excluding carboxylic acids is 1. The average Bonchev–Trinajstić information content (AvgIpc) is 2.65. The molecule has 2 amide bonds. The van der Waals surface area contributed by atoms with Gasteiger partial charge in [-0.05, 0) is 12.5 Å². The number of rotatable bonds is 2. The van der Waals surface area contributed by atoms with Crippen LogP contribution in [0.15, 0.2) is 11.8 Å². The molecule has 2 aliphatic rings. The number of nitrogens with zero attached hydrogens (tertiary/aromatic N) is 1. The van der Waals surface area contributed by atoms with Gasteiger partial charge in [-0.15, -0.1) is 0 Å². The van der Waals surface area contributed by atoms with Gasteiger partial charge in [0.25, 0.3) is 0 Å². The molecule has 17 heavy (non-hydrogen) atoms. The lowest BCUT2D eigenvalue weighted by atomic mass is 10.2. The van der Waals surface area contributed by atoms with Crippen LogP contribution >= 0.6 is 0 Å². The zero-order valence-corrected chi connectivity index (χ0v) is 9.41. The minimum Gasteiger partial charge on any atom is -0.394 e. The van der Waals surface area contributed by atoms with Crippen LogP contribution < -0.4 is 5.32 Å². The van der Waals surface area contributed by atoms with Gasteiger partial charge in [0, 0.05) is 12.6 Å². The van der Waals surface area contributed by atoms with Gasteiger partial charge >= 0.3 is 6.03 Å². The summed E-state index contributed by atoms with van der Waals surface area (Å²) in [6, 6.07) is -0.487. The lowest BCUT2D eigenvalue weighted by Crippen LogP contribution is -2.51. The molecule has 2 aliphatic heterocycles. The van der Waals surface area contributed by atoms with Gasteiger partial charge < -0.3 is 25.4 Å². The van der Waals surface area contributed by atoms with Gasteiger partial charge in [0.15, 0.2) is 6.23 Å². The van der Waals surface area contributed by atoms with Crippen molar-refractivity contribution in [1.29, 1.82) is 0 Å². The molecular formula is C10H16N2O5. The van der Waals surface area contributed by atoms with E-state index in [9.17, 15) is 15.0 Å². The molecule has 4 N–H and O–H groups in total. The Balaban J connectivity index is 2.11. The number of aliphatic hydroxyl groups excluding tert-OH is 3. The Kier molecular flexibility index (Phi) is 3.34.